The van der Waals surface area contributed by atoms with Gasteiger partial charge in [-0.3, -0.25) is 9.59 Å². The maximum atomic E-state index is 13.4. The molecule has 2 aromatic heterocycles. The monoisotopic (exact) mass is 448 g/mol. The van der Waals surface area contributed by atoms with E-state index in [-0.39, 0.29) is 18.4 Å². The third-order valence-corrected chi connectivity index (χ3v) is 6.60. The summed E-state index contributed by atoms with van der Waals surface area (Å²) in [6.45, 7) is 5.63. The van der Waals surface area contributed by atoms with Gasteiger partial charge in [-0.2, -0.15) is 10.1 Å². The van der Waals surface area contributed by atoms with Crippen molar-refractivity contribution in [3.63, 3.8) is 0 Å². The van der Waals surface area contributed by atoms with Crippen LogP contribution in [0.25, 0.3) is 5.78 Å². The Morgan fingerprint density at radius 3 is 2.73 bits per heavy atom. The Morgan fingerprint density at radius 1 is 1.12 bits per heavy atom. The van der Waals surface area contributed by atoms with Crippen LogP contribution >= 0.6 is 0 Å². The number of benzene rings is 1. The first-order valence-corrected chi connectivity index (χ1v) is 11.5. The maximum Gasteiger partial charge on any atom is 0.265 e. The van der Waals surface area contributed by atoms with Crippen molar-refractivity contribution < 1.29 is 14.3 Å². The molecule has 1 saturated heterocycles. The average molecular weight is 449 g/mol. The summed E-state index contributed by atoms with van der Waals surface area (Å²) in [5, 5.41) is 4.23. The summed E-state index contributed by atoms with van der Waals surface area (Å²) in [4.78, 5) is 38.8. The minimum atomic E-state index is -0.682. The van der Waals surface area contributed by atoms with Gasteiger partial charge in [0.25, 0.3) is 11.7 Å². The molecule has 3 aromatic rings. The van der Waals surface area contributed by atoms with Gasteiger partial charge >= 0.3 is 0 Å². The third kappa shape index (κ3) is 4.03. The number of carbonyl (C=O) groups is 2. The number of fused-ring (bicyclic) bond motifs is 2. The highest BCUT2D eigenvalue weighted by Crippen LogP contribution is 2.34. The lowest BCUT2D eigenvalue weighted by atomic mass is 10.0. The zero-order valence-corrected chi connectivity index (χ0v) is 19.0. The third-order valence-electron chi connectivity index (χ3n) is 6.60. The zero-order chi connectivity index (χ0) is 22.9. The van der Waals surface area contributed by atoms with Crippen molar-refractivity contribution in [3.8, 4) is 5.75 Å². The maximum absolute atomic E-state index is 13.4. The average Bonchev–Trinajstić information content (AvgIpc) is 3.31. The van der Waals surface area contributed by atoms with Gasteiger partial charge in [0.2, 0.25) is 5.91 Å². The van der Waals surface area contributed by atoms with Crippen molar-refractivity contribution in [2.24, 2.45) is 0 Å². The van der Waals surface area contributed by atoms with Crippen molar-refractivity contribution in [2.75, 3.05) is 24.5 Å². The molecule has 0 aliphatic carbocycles. The second-order valence-electron chi connectivity index (χ2n) is 8.70. The lowest BCUT2D eigenvalue weighted by Crippen LogP contribution is -2.52. The molecule has 172 valence electrons. The number of rotatable bonds is 4. The van der Waals surface area contributed by atoms with E-state index in [9.17, 15) is 9.59 Å². The van der Waals surface area contributed by atoms with E-state index in [1.165, 1.54) is 6.33 Å². The number of aryl methyl sites for hydroxylation is 2. The molecule has 2 aliphatic heterocycles. The van der Waals surface area contributed by atoms with Crippen molar-refractivity contribution >= 4 is 23.3 Å². The topological polar surface area (TPSA) is 92.9 Å². The molecule has 9 heteroatoms. The predicted molar refractivity (Wildman–Crippen MR) is 122 cm³/mol. The van der Waals surface area contributed by atoms with Crippen LogP contribution in [0.4, 0.5) is 5.69 Å². The molecule has 0 spiro atoms. The summed E-state index contributed by atoms with van der Waals surface area (Å²) >= 11 is 0. The fourth-order valence-electron chi connectivity index (χ4n) is 4.80. The van der Waals surface area contributed by atoms with Crippen LogP contribution in [-0.2, 0) is 16.0 Å². The van der Waals surface area contributed by atoms with Crippen LogP contribution in [-0.4, -0.2) is 62.0 Å². The predicted octanol–water partition coefficient (Wildman–Crippen LogP) is 2.48. The number of carbonyl (C=O) groups excluding carboxylic acids is 2. The molecule has 2 aliphatic rings. The number of aromatic nitrogens is 4. The summed E-state index contributed by atoms with van der Waals surface area (Å²) in [6.07, 6.45) is 4.80. The van der Waals surface area contributed by atoms with Crippen molar-refractivity contribution in [2.45, 2.75) is 52.1 Å². The largest absolute Gasteiger partial charge is 0.476 e. The lowest BCUT2D eigenvalue weighted by Gasteiger charge is -2.37. The molecule has 0 radical (unpaired) electrons. The van der Waals surface area contributed by atoms with Crippen molar-refractivity contribution in [3.05, 3.63) is 47.5 Å². The molecule has 1 fully saturated rings. The normalized spacial score (nSPS) is 18.2. The summed E-state index contributed by atoms with van der Waals surface area (Å²) in [5.74, 6) is 1.06. The lowest BCUT2D eigenvalue weighted by molar-refractivity contribution is -0.139. The quantitative estimate of drug-likeness (QED) is 0.609. The van der Waals surface area contributed by atoms with Gasteiger partial charge in [0, 0.05) is 30.9 Å². The van der Waals surface area contributed by atoms with Gasteiger partial charge < -0.3 is 14.5 Å². The van der Waals surface area contributed by atoms with Gasteiger partial charge in [0.05, 0.1) is 12.2 Å². The number of likely N-dealkylation sites (tertiary alicyclic amines) is 1. The van der Waals surface area contributed by atoms with Crippen LogP contribution in [0, 0.1) is 13.8 Å². The van der Waals surface area contributed by atoms with Gasteiger partial charge in [-0.25, -0.2) is 9.50 Å². The number of hydrogen-bond donors (Lipinski definition) is 0. The van der Waals surface area contributed by atoms with E-state index in [0.717, 1.165) is 49.3 Å². The van der Waals surface area contributed by atoms with Crippen LogP contribution in [0.15, 0.2) is 30.6 Å². The van der Waals surface area contributed by atoms with E-state index in [2.05, 4.69) is 15.1 Å². The van der Waals surface area contributed by atoms with Crippen LogP contribution in [0.1, 0.15) is 42.6 Å². The van der Waals surface area contributed by atoms with Gasteiger partial charge in [-0.15, -0.1) is 0 Å². The first-order chi connectivity index (χ1) is 16.0. The van der Waals surface area contributed by atoms with Crippen LogP contribution in [0.3, 0.4) is 0 Å². The molecule has 0 saturated carbocycles. The fourth-order valence-corrected chi connectivity index (χ4v) is 4.80. The second-order valence-corrected chi connectivity index (χ2v) is 8.70. The fraction of sp³-hybridized carbons (Fsp3) is 0.458. The van der Waals surface area contributed by atoms with E-state index >= 15 is 0 Å². The Bertz CT molecular complexity index is 1200. The molecule has 5 rings (SSSR count). The van der Waals surface area contributed by atoms with Crippen LogP contribution in [0.2, 0.25) is 0 Å². The number of ether oxygens (including phenoxy) is 1. The van der Waals surface area contributed by atoms with E-state index in [0.29, 0.717) is 30.1 Å². The van der Waals surface area contributed by atoms with Gasteiger partial charge in [0.1, 0.15) is 12.1 Å². The zero-order valence-electron chi connectivity index (χ0n) is 19.0. The highest BCUT2D eigenvalue weighted by molar-refractivity contribution is 5.97. The number of nitrogens with zero attached hydrogens (tertiary/aromatic N) is 6. The molecule has 9 nitrogen and oxygen atoms in total. The smallest absolute Gasteiger partial charge is 0.265 e. The van der Waals surface area contributed by atoms with Crippen LogP contribution < -0.4 is 9.64 Å². The van der Waals surface area contributed by atoms with E-state index in [4.69, 9.17) is 4.74 Å². The molecule has 2 amide bonds. The standard InChI is InChI=1S/C24H28N6O3/c1-16-18(17(2)30-24(27-16)25-15-26-30)10-11-22(31)29-14-21(23(32)28-12-6-3-7-13-28)33-20-9-5-4-8-19(20)29/h4-5,8-9,15,21H,3,6-7,10-14H2,1-2H3/t21-/m1/s1. The number of anilines is 1. The highest BCUT2D eigenvalue weighted by atomic mass is 16.5. The summed E-state index contributed by atoms with van der Waals surface area (Å²) in [7, 11) is 0. The highest BCUT2D eigenvalue weighted by Gasteiger charge is 2.36. The first kappa shape index (κ1) is 21.4. The Kier molecular flexibility index (Phi) is 5.70. The van der Waals surface area contributed by atoms with Gasteiger partial charge in [-0.05, 0) is 57.2 Å². The van der Waals surface area contributed by atoms with E-state index in [1.807, 2.05) is 43.0 Å². The Hall–Kier alpha value is -3.49. The van der Waals surface area contributed by atoms with E-state index < -0.39 is 6.10 Å². The van der Waals surface area contributed by atoms with E-state index in [1.54, 1.807) is 9.42 Å². The molecule has 0 bridgehead atoms. The Morgan fingerprint density at radius 2 is 1.91 bits per heavy atom. The minimum Gasteiger partial charge on any atom is -0.476 e. The van der Waals surface area contributed by atoms with Crippen molar-refractivity contribution in [1.82, 2.24) is 24.5 Å². The molecular weight excluding hydrogens is 420 g/mol. The molecule has 0 unspecified atom stereocenters. The van der Waals surface area contributed by atoms with Gasteiger partial charge in [-0.1, -0.05) is 12.1 Å². The first-order valence-electron chi connectivity index (χ1n) is 11.5. The van der Waals surface area contributed by atoms with Crippen molar-refractivity contribution in [1.29, 1.82) is 0 Å². The molecule has 1 atom stereocenters. The summed E-state index contributed by atoms with van der Waals surface area (Å²) in [6, 6.07) is 7.43. The SMILES string of the molecule is Cc1nc2ncnn2c(C)c1CCC(=O)N1C[C@H](C(=O)N2CCCCC2)Oc2ccccc21. The molecule has 0 N–H and O–H groups in total. The molecule has 33 heavy (non-hydrogen) atoms. The number of piperidine rings is 1. The molecule has 4 heterocycles. The Balaban J connectivity index is 1.36. The second kappa shape index (κ2) is 8.80. The van der Waals surface area contributed by atoms with Gasteiger partial charge in [0.15, 0.2) is 6.10 Å². The molecular formula is C24H28N6O3. The number of hydrogen-bond acceptors (Lipinski definition) is 6. The van der Waals surface area contributed by atoms with Crippen LogP contribution in [0.5, 0.6) is 5.75 Å². The molecule has 1 aromatic carbocycles. The number of amides is 2. The summed E-state index contributed by atoms with van der Waals surface area (Å²) in [5.41, 5.74) is 3.48. The number of para-hydroxylation sites is 2. The minimum absolute atomic E-state index is 0.0328. The summed E-state index contributed by atoms with van der Waals surface area (Å²) < 4.78 is 7.75. The Labute approximate surface area is 192 Å².